The van der Waals surface area contributed by atoms with Gasteiger partial charge in [-0.25, -0.2) is 4.31 Å². The molecule has 1 atom stereocenters. The largest absolute Gasteiger partial charge is 0.355 e. The molecule has 0 aliphatic heterocycles. The normalized spacial score (nSPS) is 12.4. The zero-order valence-electron chi connectivity index (χ0n) is 21.5. The van der Waals surface area contributed by atoms with Crippen molar-refractivity contribution in [2.75, 3.05) is 31.5 Å². The average molecular weight is 558 g/mol. The SMILES string of the molecule is CCNC(=O)C(CC)N(Cc1c(Cl)cccc1Cl)C(=O)CN(c1cc(C)ccc1C)S(=O)(=O)N(C)C. The van der Waals surface area contributed by atoms with Crippen LogP contribution in [0.15, 0.2) is 36.4 Å². The molecule has 0 radical (unpaired) electrons. The topological polar surface area (TPSA) is 90.0 Å². The van der Waals surface area contributed by atoms with E-state index < -0.39 is 28.7 Å². The summed E-state index contributed by atoms with van der Waals surface area (Å²) in [4.78, 5) is 28.1. The first kappa shape index (κ1) is 29.9. The van der Waals surface area contributed by atoms with Gasteiger partial charge >= 0.3 is 10.2 Å². The lowest BCUT2D eigenvalue weighted by Crippen LogP contribution is -2.53. The lowest BCUT2D eigenvalue weighted by atomic mass is 10.1. The Balaban J connectivity index is 2.61. The molecule has 0 bridgehead atoms. The van der Waals surface area contributed by atoms with Gasteiger partial charge in [-0.15, -0.1) is 0 Å². The van der Waals surface area contributed by atoms with E-state index >= 15 is 0 Å². The maximum atomic E-state index is 13.9. The Hall–Kier alpha value is -2.33. The first-order chi connectivity index (χ1) is 16.8. The molecule has 36 heavy (non-hydrogen) atoms. The molecule has 8 nitrogen and oxygen atoms in total. The number of hydrogen-bond donors (Lipinski definition) is 1. The molecule has 0 spiro atoms. The number of carbonyl (C=O) groups excluding carboxylic acids is 2. The van der Waals surface area contributed by atoms with Crippen LogP contribution < -0.4 is 9.62 Å². The quantitative estimate of drug-likeness (QED) is 0.449. The molecule has 2 aromatic rings. The Kier molecular flexibility index (Phi) is 10.6. The minimum absolute atomic E-state index is 0.0599. The maximum Gasteiger partial charge on any atom is 0.304 e. The second kappa shape index (κ2) is 12.8. The predicted octanol–water partition coefficient (Wildman–Crippen LogP) is 4.17. The molecule has 0 saturated carbocycles. The summed E-state index contributed by atoms with van der Waals surface area (Å²) in [6, 6.07) is 9.53. The first-order valence-electron chi connectivity index (χ1n) is 11.6. The van der Waals surface area contributed by atoms with Gasteiger partial charge in [0.15, 0.2) is 0 Å². The van der Waals surface area contributed by atoms with Crippen LogP contribution in [0, 0.1) is 13.8 Å². The third-order valence-electron chi connectivity index (χ3n) is 5.78. The van der Waals surface area contributed by atoms with Crippen LogP contribution in [-0.2, 0) is 26.3 Å². The highest BCUT2D eigenvalue weighted by molar-refractivity contribution is 7.90. The van der Waals surface area contributed by atoms with E-state index in [1.165, 1.54) is 19.0 Å². The summed E-state index contributed by atoms with van der Waals surface area (Å²) < 4.78 is 28.8. The number of hydrogen-bond acceptors (Lipinski definition) is 4. The molecule has 0 saturated heterocycles. The second-order valence-corrected chi connectivity index (χ2v) is 11.5. The number of halogens is 2. The first-order valence-corrected chi connectivity index (χ1v) is 13.8. The summed E-state index contributed by atoms with van der Waals surface area (Å²) in [5, 5.41) is 3.45. The van der Waals surface area contributed by atoms with Crippen molar-refractivity contribution in [3.05, 3.63) is 63.1 Å². The van der Waals surface area contributed by atoms with E-state index in [2.05, 4.69) is 5.32 Å². The molecule has 0 fully saturated rings. The fourth-order valence-electron chi connectivity index (χ4n) is 3.76. The van der Waals surface area contributed by atoms with Crippen molar-refractivity contribution in [3.63, 3.8) is 0 Å². The number of rotatable bonds is 11. The van der Waals surface area contributed by atoms with Gasteiger partial charge in [0.1, 0.15) is 12.6 Å². The van der Waals surface area contributed by atoms with Crippen LogP contribution >= 0.6 is 23.2 Å². The van der Waals surface area contributed by atoms with Crippen molar-refractivity contribution in [1.82, 2.24) is 14.5 Å². The average Bonchev–Trinajstić information content (AvgIpc) is 2.80. The van der Waals surface area contributed by atoms with Gasteiger partial charge in [0, 0.05) is 42.8 Å². The van der Waals surface area contributed by atoms with Crippen LogP contribution in [0.1, 0.15) is 37.0 Å². The Morgan fingerprint density at radius 1 is 1.03 bits per heavy atom. The van der Waals surface area contributed by atoms with Crippen LogP contribution in [0.25, 0.3) is 0 Å². The zero-order chi connectivity index (χ0) is 27.2. The van der Waals surface area contributed by atoms with Gasteiger partial charge in [0.25, 0.3) is 0 Å². The van der Waals surface area contributed by atoms with Gasteiger partial charge in [0.05, 0.1) is 5.69 Å². The molecule has 2 aromatic carbocycles. The summed E-state index contributed by atoms with van der Waals surface area (Å²) >= 11 is 12.8. The summed E-state index contributed by atoms with van der Waals surface area (Å²) in [5.74, 6) is -0.902. The summed E-state index contributed by atoms with van der Waals surface area (Å²) in [7, 11) is -1.23. The molecule has 1 unspecified atom stereocenters. The van der Waals surface area contributed by atoms with Crippen LogP contribution in [0.4, 0.5) is 5.69 Å². The molecule has 2 amide bonds. The molecular formula is C25H34Cl2N4O4S. The highest BCUT2D eigenvalue weighted by atomic mass is 35.5. The van der Waals surface area contributed by atoms with Gasteiger partial charge in [0.2, 0.25) is 11.8 Å². The van der Waals surface area contributed by atoms with Crippen molar-refractivity contribution in [3.8, 4) is 0 Å². The summed E-state index contributed by atoms with van der Waals surface area (Å²) in [6.45, 7) is 7.01. The number of benzene rings is 2. The summed E-state index contributed by atoms with van der Waals surface area (Å²) in [6.07, 6.45) is 0.309. The molecule has 198 valence electrons. The summed E-state index contributed by atoms with van der Waals surface area (Å²) in [5.41, 5.74) is 2.40. The van der Waals surface area contributed by atoms with E-state index in [4.69, 9.17) is 23.2 Å². The predicted molar refractivity (Wildman–Crippen MR) is 146 cm³/mol. The lowest BCUT2D eigenvalue weighted by molar-refractivity contribution is -0.140. The van der Waals surface area contributed by atoms with E-state index in [0.29, 0.717) is 39.8 Å². The molecular weight excluding hydrogens is 523 g/mol. The second-order valence-electron chi connectivity index (χ2n) is 8.63. The zero-order valence-corrected chi connectivity index (χ0v) is 23.8. The van der Waals surface area contributed by atoms with Gasteiger partial charge in [-0.2, -0.15) is 12.7 Å². The molecule has 0 aromatic heterocycles. The lowest BCUT2D eigenvalue weighted by Gasteiger charge is -2.34. The van der Waals surface area contributed by atoms with E-state index in [1.807, 2.05) is 13.0 Å². The molecule has 1 N–H and O–H groups in total. The maximum absolute atomic E-state index is 13.9. The number of carbonyl (C=O) groups is 2. The van der Waals surface area contributed by atoms with Crippen molar-refractivity contribution in [2.24, 2.45) is 0 Å². The Morgan fingerprint density at radius 2 is 1.64 bits per heavy atom. The molecule has 0 heterocycles. The van der Waals surface area contributed by atoms with Crippen LogP contribution in [-0.4, -0.2) is 62.7 Å². The van der Waals surface area contributed by atoms with Gasteiger partial charge in [-0.3, -0.25) is 9.59 Å². The van der Waals surface area contributed by atoms with Gasteiger partial charge < -0.3 is 10.2 Å². The highest BCUT2D eigenvalue weighted by Gasteiger charge is 2.34. The van der Waals surface area contributed by atoms with Crippen LogP contribution in [0.5, 0.6) is 0 Å². The van der Waals surface area contributed by atoms with Crippen molar-refractivity contribution < 1.29 is 18.0 Å². The van der Waals surface area contributed by atoms with Crippen molar-refractivity contribution in [1.29, 1.82) is 0 Å². The minimum atomic E-state index is -4.05. The number of likely N-dealkylation sites (N-methyl/N-ethyl adjacent to an activating group) is 1. The number of amides is 2. The highest BCUT2D eigenvalue weighted by Crippen LogP contribution is 2.29. The monoisotopic (exact) mass is 556 g/mol. The minimum Gasteiger partial charge on any atom is -0.355 e. The number of nitrogens with zero attached hydrogens (tertiary/aromatic N) is 3. The fourth-order valence-corrected chi connectivity index (χ4v) is 5.39. The fraction of sp³-hybridized carbons (Fsp3) is 0.440. The molecule has 0 aliphatic rings. The number of nitrogens with one attached hydrogen (secondary N) is 1. The standard InChI is InChI=1S/C25H34Cl2N4O4S/c1-7-22(25(33)28-8-2)30(15-19-20(26)10-9-11-21(19)27)24(32)16-31(36(34,35)29(5)6)23-14-17(3)12-13-18(23)4/h9-14,22H,7-8,15-16H2,1-6H3,(H,28,33). The van der Waals surface area contributed by atoms with E-state index in [1.54, 1.807) is 51.1 Å². The van der Waals surface area contributed by atoms with Crippen molar-refractivity contribution in [2.45, 2.75) is 46.7 Å². The smallest absolute Gasteiger partial charge is 0.304 e. The van der Waals surface area contributed by atoms with Gasteiger partial charge in [-0.1, -0.05) is 48.3 Å². The Labute approximate surface area is 224 Å². The van der Waals surface area contributed by atoms with Gasteiger partial charge in [-0.05, 0) is 56.5 Å². The Bertz CT molecular complexity index is 1180. The van der Waals surface area contributed by atoms with Crippen LogP contribution in [0.3, 0.4) is 0 Å². The van der Waals surface area contributed by atoms with E-state index in [-0.39, 0.29) is 12.5 Å². The number of aryl methyl sites for hydroxylation is 2. The number of anilines is 1. The van der Waals surface area contributed by atoms with Crippen molar-refractivity contribution >= 4 is 50.9 Å². The molecule has 2 rings (SSSR count). The third-order valence-corrected chi connectivity index (χ3v) is 8.29. The van der Waals surface area contributed by atoms with E-state index in [9.17, 15) is 18.0 Å². The molecule has 0 aliphatic carbocycles. The Morgan fingerprint density at radius 3 is 2.17 bits per heavy atom. The van der Waals surface area contributed by atoms with Crippen LogP contribution in [0.2, 0.25) is 10.0 Å². The van der Waals surface area contributed by atoms with E-state index in [0.717, 1.165) is 14.2 Å². The molecule has 11 heteroatoms. The third kappa shape index (κ3) is 6.91.